The highest BCUT2D eigenvalue weighted by molar-refractivity contribution is 14.1. The van der Waals surface area contributed by atoms with Crippen LogP contribution in [0.1, 0.15) is 10.4 Å². The molecule has 30 heavy (non-hydrogen) atoms. The molecule has 0 saturated carbocycles. The predicted molar refractivity (Wildman–Crippen MR) is 115 cm³/mol. The summed E-state index contributed by atoms with van der Waals surface area (Å²) in [6, 6.07) is 12.1. The van der Waals surface area contributed by atoms with E-state index in [0.717, 1.165) is 16.0 Å². The average Bonchev–Trinajstić information content (AvgIpc) is 2.73. The molecular formula is C17H12IN7O5. The van der Waals surface area contributed by atoms with Gasteiger partial charge >= 0.3 is 5.69 Å². The standard InChI is InChI=1S/C17H12IN7O5/c18-11-4-6-12(7-5-11)21-15-14(25(29)30)16(20-9-19-15)22-23-17(26)10-2-1-3-13(8-10)24(27)28/h1-9H,(H,23,26)(H2,19,20,21,22). The topological polar surface area (TPSA) is 165 Å². The molecule has 12 nitrogen and oxygen atoms in total. The lowest BCUT2D eigenvalue weighted by molar-refractivity contribution is -0.384. The van der Waals surface area contributed by atoms with E-state index in [2.05, 4.69) is 48.7 Å². The third-order valence-electron chi connectivity index (χ3n) is 3.73. The Hall–Kier alpha value is -3.88. The Bertz CT molecular complexity index is 1120. The number of anilines is 3. The minimum absolute atomic E-state index is 0.00866. The molecule has 0 radical (unpaired) electrons. The first-order chi connectivity index (χ1) is 14.3. The van der Waals surface area contributed by atoms with Crippen molar-refractivity contribution in [2.75, 3.05) is 10.7 Å². The fourth-order valence-electron chi connectivity index (χ4n) is 2.35. The first kappa shape index (κ1) is 20.8. The number of benzene rings is 2. The Labute approximate surface area is 182 Å². The number of carbonyl (C=O) groups excluding carboxylic acids is 1. The summed E-state index contributed by atoms with van der Waals surface area (Å²) >= 11 is 2.13. The molecule has 1 aromatic heterocycles. The van der Waals surface area contributed by atoms with Crippen LogP contribution >= 0.6 is 22.6 Å². The second-order valence-corrected chi connectivity index (χ2v) is 6.94. The van der Waals surface area contributed by atoms with Crippen molar-refractivity contribution in [3.05, 3.63) is 84.2 Å². The maximum atomic E-state index is 12.3. The van der Waals surface area contributed by atoms with Crippen LogP contribution in [0.2, 0.25) is 0 Å². The predicted octanol–water partition coefficient (Wildman–Crippen LogP) is 3.40. The number of halogens is 1. The van der Waals surface area contributed by atoms with Crippen molar-refractivity contribution in [1.82, 2.24) is 15.4 Å². The Balaban J connectivity index is 1.81. The SMILES string of the molecule is O=C(NNc1ncnc(Nc2ccc(I)cc2)c1[N+](=O)[O-])c1cccc([N+](=O)[O-])c1. The van der Waals surface area contributed by atoms with Crippen LogP contribution in [0.5, 0.6) is 0 Å². The van der Waals surface area contributed by atoms with Gasteiger partial charge in [0.15, 0.2) is 0 Å². The van der Waals surface area contributed by atoms with Gasteiger partial charge in [0.25, 0.3) is 11.6 Å². The molecule has 0 unspecified atom stereocenters. The van der Waals surface area contributed by atoms with E-state index in [0.29, 0.717) is 5.69 Å². The quantitative estimate of drug-likeness (QED) is 0.240. The number of hydrazine groups is 1. The molecule has 2 aromatic carbocycles. The molecule has 3 aromatic rings. The molecule has 0 atom stereocenters. The van der Waals surface area contributed by atoms with Gasteiger partial charge in [-0.1, -0.05) is 6.07 Å². The zero-order valence-electron chi connectivity index (χ0n) is 14.9. The van der Waals surface area contributed by atoms with Crippen molar-refractivity contribution in [3.8, 4) is 0 Å². The van der Waals surface area contributed by atoms with E-state index in [4.69, 9.17) is 0 Å². The zero-order chi connectivity index (χ0) is 21.7. The third-order valence-corrected chi connectivity index (χ3v) is 4.44. The van der Waals surface area contributed by atoms with E-state index in [-0.39, 0.29) is 22.9 Å². The van der Waals surface area contributed by atoms with Crippen LogP contribution in [0, 0.1) is 23.8 Å². The lowest BCUT2D eigenvalue weighted by Crippen LogP contribution is -2.30. The fourth-order valence-corrected chi connectivity index (χ4v) is 2.71. The van der Waals surface area contributed by atoms with E-state index in [1.807, 2.05) is 12.1 Å². The maximum Gasteiger partial charge on any atom is 0.355 e. The van der Waals surface area contributed by atoms with Gasteiger partial charge in [0.2, 0.25) is 11.6 Å². The largest absolute Gasteiger partial charge is 0.355 e. The van der Waals surface area contributed by atoms with Crippen LogP contribution in [0.15, 0.2) is 54.9 Å². The molecule has 13 heteroatoms. The lowest BCUT2D eigenvalue weighted by Gasteiger charge is -2.11. The number of carbonyl (C=O) groups is 1. The van der Waals surface area contributed by atoms with Gasteiger partial charge in [-0.3, -0.25) is 35.9 Å². The van der Waals surface area contributed by atoms with E-state index < -0.39 is 21.4 Å². The lowest BCUT2D eigenvalue weighted by atomic mass is 10.2. The van der Waals surface area contributed by atoms with Gasteiger partial charge in [0, 0.05) is 27.0 Å². The molecule has 152 valence electrons. The molecule has 0 fully saturated rings. The van der Waals surface area contributed by atoms with Gasteiger partial charge in [-0.15, -0.1) is 0 Å². The zero-order valence-corrected chi connectivity index (χ0v) is 17.1. The summed E-state index contributed by atoms with van der Waals surface area (Å²) in [5.74, 6) is -1.08. The highest BCUT2D eigenvalue weighted by Crippen LogP contribution is 2.30. The van der Waals surface area contributed by atoms with Gasteiger partial charge in [-0.25, -0.2) is 9.97 Å². The molecule has 0 spiro atoms. The summed E-state index contributed by atoms with van der Waals surface area (Å²) in [5.41, 5.74) is 4.42. The Morgan fingerprint density at radius 3 is 2.33 bits per heavy atom. The summed E-state index contributed by atoms with van der Waals surface area (Å²) in [5, 5.41) is 25.3. The smallest absolute Gasteiger partial charge is 0.334 e. The minimum atomic E-state index is -0.737. The summed E-state index contributed by atoms with van der Waals surface area (Å²) in [7, 11) is 0. The molecular weight excluding hydrogens is 509 g/mol. The summed E-state index contributed by atoms with van der Waals surface area (Å²) < 4.78 is 0.988. The van der Waals surface area contributed by atoms with Crippen LogP contribution in [-0.4, -0.2) is 25.7 Å². The van der Waals surface area contributed by atoms with E-state index >= 15 is 0 Å². The van der Waals surface area contributed by atoms with Crippen LogP contribution in [-0.2, 0) is 0 Å². The van der Waals surface area contributed by atoms with E-state index in [9.17, 15) is 25.0 Å². The molecule has 3 rings (SSSR count). The first-order valence-electron chi connectivity index (χ1n) is 8.18. The monoisotopic (exact) mass is 521 g/mol. The van der Waals surface area contributed by atoms with Crippen molar-refractivity contribution in [1.29, 1.82) is 0 Å². The maximum absolute atomic E-state index is 12.3. The molecule has 3 N–H and O–H groups in total. The number of nitrogens with one attached hydrogen (secondary N) is 3. The van der Waals surface area contributed by atoms with Crippen LogP contribution < -0.4 is 16.2 Å². The molecule has 1 heterocycles. The minimum Gasteiger partial charge on any atom is -0.334 e. The van der Waals surface area contributed by atoms with Crippen molar-refractivity contribution >= 4 is 57.2 Å². The van der Waals surface area contributed by atoms with E-state index in [1.165, 1.54) is 18.2 Å². The summed E-state index contributed by atoms with van der Waals surface area (Å²) in [4.78, 5) is 41.0. The number of nitro groups is 2. The Kier molecular flexibility index (Phi) is 6.31. The highest BCUT2D eigenvalue weighted by atomic mass is 127. The Morgan fingerprint density at radius 1 is 0.967 bits per heavy atom. The second-order valence-electron chi connectivity index (χ2n) is 5.70. The second kappa shape index (κ2) is 9.08. The van der Waals surface area contributed by atoms with Crippen molar-refractivity contribution in [2.24, 2.45) is 0 Å². The van der Waals surface area contributed by atoms with Crippen molar-refractivity contribution in [2.45, 2.75) is 0 Å². The van der Waals surface area contributed by atoms with Gasteiger partial charge in [0.05, 0.1) is 9.85 Å². The van der Waals surface area contributed by atoms with Gasteiger partial charge in [-0.05, 0) is 52.9 Å². The molecule has 0 aliphatic carbocycles. The molecule has 0 aliphatic heterocycles. The highest BCUT2D eigenvalue weighted by Gasteiger charge is 2.24. The number of amides is 1. The van der Waals surface area contributed by atoms with E-state index in [1.54, 1.807) is 12.1 Å². The summed E-state index contributed by atoms with van der Waals surface area (Å²) in [6.07, 6.45) is 1.09. The molecule has 0 saturated heterocycles. The molecule has 0 bridgehead atoms. The van der Waals surface area contributed by atoms with Crippen molar-refractivity contribution < 1.29 is 14.6 Å². The number of nitrogens with zero attached hydrogens (tertiary/aromatic N) is 4. The number of nitro benzene ring substituents is 1. The van der Waals surface area contributed by atoms with Crippen LogP contribution in [0.4, 0.5) is 28.7 Å². The molecule has 1 amide bonds. The normalized spacial score (nSPS) is 10.2. The van der Waals surface area contributed by atoms with Gasteiger partial charge in [0.1, 0.15) is 6.33 Å². The average molecular weight is 521 g/mol. The van der Waals surface area contributed by atoms with Crippen LogP contribution in [0.25, 0.3) is 0 Å². The van der Waals surface area contributed by atoms with Gasteiger partial charge < -0.3 is 5.32 Å². The number of non-ortho nitro benzene ring substituents is 1. The number of hydrogen-bond acceptors (Lipinski definition) is 9. The van der Waals surface area contributed by atoms with Crippen molar-refractivity contribution in [3.63, 3.8) is 0 Å². The molecule has 0 aliphatic rings. The Morgan fingerprint density at radius 2 is 1.67 bits per heavy atom. The fraction of sp³-hybridized carbons (Fsp3) is 0. The summed E-state index contributed by atoms with van der Waals surface area (Å²) in [6.45, 7) is 0. The first-order valence-corrected chi connectivity index (χ1v) is 9.26. The number of hydrogen-bond donors (Lipinski definition) is 3. The number of aromatic nitrogens is 2. The number of rotatable bonds is 7. The van der Waals surface area contributed by atoms with Crippen LogP contribution in [0.3, 0.4) is 0 Å². The van der Waals surface area contributed by atoms with Gasteiger partial charge in [-0.2, -0.15) is 0 Å². The third kappa shape index (κ3) is 4.93.